The van der Waals surface area contributed by atoms with Crippen LogP contribution in [0.4, 0.5) is 0 Å². The van der Waals surface area contributed by atoms with Crippen LogP contribution in [0.1, 0.15) is 0 Å². The van der Waals surface area contributed by atoms with Gasteiger partial charge in [0.05, 0.1) is 6.21 Å². The molecule has 0 aromatic carbocycles. The Morgan fingerprint density at radius 2 is 2.33 bits per heavy atom. The first-order valence-corrected chi connectivity index (χ1v) is 1.71. The summed E-state index contributed by atoms with van der Waals surface area (Å²) < 4.78 is 0. The molecule has 0 atom stereocenters. The van der Waals surface area contributed by atoms with E-state index in [1.807, 2.05) is 0 Å². The van der Waals surface area contributed by atoms with Gasteiger partial charge in [0, 0.05) is 0 Å². The Morgan fingerprint density at radius 3 is 2.33 bits per heavy atom. The second kappa shape index (κ2) is 2.59. The zero-order valence-corrected chi connectivity index (χ0v) is 3.90. The Bertz CT molecular complexity index is 76.9. The van der Waals surface area contributed by atoms with Crippen LogP contribution in [0.5, 0.6) is 0 Å². The van der Waals surface area contributed by atoms with Crippen LogP contribution < -0.4 is 11.6 Å². The van der Waals surface area contributed by atoms with Crippen molar-refractivity contribution in [2.45, 2.75) is 0 Å². The van der Waals surface area contributed by atoms with Gasteiger partial charge in [-0.2, -0.15) is 5.10 Å². The Balaban J connectivity index is 3.30. The molecule has 0 saturated heterocycles. The zero-order chi connectivity index (χ0) is 4.99. The highest BCUT2D eigenvalue weighted by Crippen LogP contribution is 1.51. The number of thiocarbonyl (C=S) groups is 1. The van der Waals surface area contributed by atoms with Gasteiger partial charge >= 0.3 is 0 Å². The number of rotatable bonds is 1. The molecule has 0 radical (unpaired) electrons. The fourth-order valence-corrected chi connectivity index (χ4v) is 0.134. The second-order valence-corrected chi connectivity index (χ2v) is 1.15. The third-order valence-electron chi connectivity index (χ3n) is 0.202. The SMILES string of the molecule is NN=CC(N)=S. The molecule has 0 aliphatic carbocycles. The average molecular weight is 103 g/mol. The van der Waals surface area contributed by atoms with Crippen molar-refractivity contribution in [3.05, 3.63) is 0 Å². The first-order chi connectivity index (χ1) is 2.77. The van der Waals surface area contributed by atoms with Crippen molar-refractivity contribution < 1.29 is 0 Å². The van der Waals surface area contributed by atoms with Crippen LogP contribution >= 0.6 is 12.2 Å². The van der Waals surface area contributed by atoms with Gasteiger partial charge in [0.25, 0.3) is 0 Å². The van der Waals surface area contributed by atoms with E-state index in [9.17, 15) is 0 Å². The lowest BCUT2D eigenvalue weighted by Crippen LogP contribution is -2.09. The minimum absolute atomic E-state index is 0.206. The Hall–Kier alpha value is -0.640. The van der Waals surface area contributed by atoms with Crippen LogP contribution in [0.2, 0.25) is 0 Å². The van der Waals surface area contributed by atoms with E-state index >= 15 is 0 Å². The molecule has 0 fully saturated rings. The van der Waals surface area contributed by atoms with E-state index in [2.05, 4.69) is 23.2 Å². The number of nitrogens with zero attached hydrogens (tertiary/aromatic N) is 1. The first-order valence-electron chi connectivity index (χ1n) is 1.30. The topological polar surface area (TPSA) is 64.4 Å². The standard InChI is InChI=1S/C2H5N3S/c3-2(6)1-5-4/h1H,4H2,(H2,3,6). The van der Waals surface area contributed by atoms with E-state index in [1.54, 1.807) is 0 Å². The highest BCUT2D eigenvalue weighted by atomic mass is 32.1. The predicted octanol–water partition coefficient (Wildman–Crippen LogP) is -0.783. The molecule has 0 aliphatic heterocycles. The van der Waals surface area contributed by atoms with Gasteiger partial charge < -0.3 is 11.6 Å². The van der Waals surface area contributed by atoms with Gasteiger partial charge in [0.2, 0.25) is 0 Å². The first kappa shape index (κ1) is 5.36. The summed E-state index contributed by atoms with van der Waals surface area (Å²) in [6, 6.07) is 0. The predicted molar refractivity (Wildman–Crippen MR) is 29.5 cm³/mol. The van der Waals surface area contributed by atoms with Gasteiger partial charge in [-0.15, -0.1) is 0 Å². The normalized spacial score (nSPS) is 9.33. The summed E-state index contributed by atoms with van der Waals surface area (Å²) in [6.07, 6.45) is 1.20. The molecule has 0 rings (SSSR count). The van der Waals surface area contributed by atoms with Crippen LogP contribution in [0.15, 0.2) is 5.10 Å². The molecule has 4 heteroatoms. The van der Waals surface area contributed by atoms with Crippen LogP contribution in [-0.4, -0.2) is 11.2 Å². The van der Waals surface area contributed by atoms with Crippen molar-refractivity contribution in [3.63, 3.8) is 0 Å². The van der Waals surface area contributed by atoms with E-state index in [1.165, 1.54) is 6.21 Å². The lowest BCUT2D eigenvalue weighted by molar-refractivity contribution is 1.27. The maximum Gasteiger partial charge on any atom is 0.116 e. The van der Waals surface area contributed by atoms with Gasteiger partial charge in [-0.3, -0.25) is 0 Å². The van der Waals surface area contributed by atoms with Crippen LogP contribution in [0, 0.1) is 0 Å². The van der Waals surface area contributed by atoms with E-state index in [-0.39, 0.29) is 4.99 Å². The average Bonchev–Trinajstić information content (AvgIpc) is 1.35. The molecule has 0 heterocycles. The molecule has 6 heavy (non-hydrogen) atoms. The van der Waals surface area contributed by atoms with Crippen molar-refractivity contribution in [3.8, 4) is 0 Å². The highest BCUT2D eigenvalue weighted by Gasteiger charge is 1.69. The molecular weight excluding hydrogens is 98.1 g/mol. The Labute approximate surface area is 41.0 Å². The molecule has 0 aromatic rings. The maximum absolute atomic E-state index is 4.91. The third-order valence-corrected chi connectivity index (χ3v) is 0.307. The van der Waals surface area contributed by atoms with E-state index in [0.717, 1.165) is 0 Å². The van der Waals surface area contributed by atoms with Gasteiger partial charge in [-0.05, 0) is 0 Å². The summed E-state index contributed by atoms with van der Waals surface area (Å²) in [4.78, 5) is 0.206. The Morgan fingerprint density at radius 1 is 1.83 bits per heavy atom. The van der Waals surface area contributed by atoms with E-state index < -0.39 is 0 Å². The van der Waals surface area contributed by atoms with Crippen LogP contribution in [0.25, 0.3) is 0 Å². The van der Waals surface area contributed by atoms with Crippen molar-refractivity contribution in [2.24, 2.45) is 16.7 Å². The second-order valence-electron chi connectivity index (χ2n) is 0.681. The van der Waals surface area contributed by atoms with E-state index in [4.69, 9.17) is 5.73 Å². The molecule has 0 saturated carbocycles. The van der Waals surface area contributed by atoms with Crippen molar-refractivity contribution in [2.75, 3.05) is 0 Å². The number of nitrogens with two attached hydrogens (primary N) is 2. The van der Waals surface area contributed by atoms with Gasteiger partial charge in [0.1, 0.15) is 4.99 Å². The van der Waals surface area contributed by atoms with Gasteiger partial charge in [0.15, 0.2) is 0 Å². The fourth-order valence-electron chi connectivity index (χ4n) is 0.0735. The summed E-state index contributed by atoms with van der Waals surface area (Å²) in [5, 5.41) is 3.04. The maximum atomic E-state index is 4.91. The summed E-state index contributed by atoms with van der Waals surface area (Å²) in [6.45, 7) is 0. The van der Waals surface area contributed by atoms with Gasteiger partial charge in [-0.25, -0.2) is 0 Å². The molecular formula is C2H5N3S. The van der Waals surface area contributed by atoms with Crippen molar-refractivity contribution in [1.29, 1.82) is 0 Å². The molecule has 0 amide bonds. The molecule has 3 nitrogen and oxygen atoms in total. The zero-order valence-electron chi connectivity index (χ0n) is 3.09. The molecule has 0 spiro atoms. The number of hydrogen-bond acceptors (Lipinski definition) is 3. The number of hydrogen-bond donors (Lipinski definition) is 2. The molecule has 0 bridgehead atoms. The third kappa shape index (κ3) is 3.36. The smallest absolute Gasteiger partial charge is 0.116 e. The molecule has 34 valence electrons. The minimum Gasteiger partial charge on any atom is -0.389 e. The molecule has 0 unspecified atom stereocenters. The molecule has 0 aromatic heterocycles. The van der Waals surface area contributed by atoms with Crippen molar-refractivity contribution >= 4 is 23.4 Å². The largest absolute Gasteiger partial charge is 0.389 e. The van der Waals surface area contributed by atoms with Crippen LogP contribution in [0.3, 0.4) is 0 Å². The Kier molecular flexibility index (Phi) is 2.31. The fraction of sp³-hybridized carbons (Fsp3) is 0. The monoisotopic (exact) mass is 103 g/mol. The summed E-state index contributed by atoms with van der Waals surface area (Å²) in [5.41, 5.74) is 4.91. The molecule has 0 aliphatic rings. The molecule has 4 N–H and O–H groups in total. The lowest BCUT2D eigenvalue weighted by Gasteiger charge is -1.74. The summed E-state index contributed by atoms with van der Waals surface area (Å²) >= 11 is 4.34. The van der Waals surface area contributed by atoms with E-state index in [0.29, 0.717) is 0 Å². The van der Waals surface area contributed by atoms with Gasteiger partial charge in [-0.1, -0.05) is 12.2 Å². The quantitative estimate of drug-likeness (QED) is 0.198. The highest BCUT2D eigenvalue weighted by molar-refractivity contribution is 7.81. The minimum atomic E-state index is 0.206. The van der Waals surface area contributed by atoms with Crippen LogP contribution in [-0.2, 0) is 0 Å². The number of hydrazone groups is 1. The summed E-state index contributed by atoms with van der Waals surface area (Å²) in [5.74, 6) is 4.63. The summed E-state index contributed by atoms with van der Waals surface area (Å²) in [7, 11) is 0. The lowest BCUT2D eigenvalue weighted by atomic mass is 10.8. The van der Waals surface area contributed by atoms with Crippen molar-refractivity contribution in [1.82, 2.24) is 0 Å².